The van der Waals surface area contributed by atoms with Gasteiger partial charge in [0.05, 0.1) is 12.8 Å². The molecule has 0 bridgehead atoms. The summed E-state index contributed by atoms with van der Waals surface area (Å²) in [4.78, 5) is 15.4. The largest absolute Gasteiger partial charge is 0.466 e. The summed E-state index contributed by atoms with van der Waals surface area (Å²) >= 11 is 5.86. The average molecular weight is 389 g/mol. The summed E-state index contributed by atoms with van der Waals surface area (Å²) in [5.74, 6) is -0.359. The molecule has 0 fully saturated rings. The van der Waals surface area contributed by atoms with E-state index >= 15 is 0 Å². The molecule has 1 aromatic carbocycles. The van der Waals surface area contributed by atoms with Gasteiger partial charge in [-0.15, -0.1) is 0 Å². The Labute approximate surface area is 165 Å². The number of nitrogens with zero attached hydrogens (tertiary/aromatic N) is 1. The molecule has 1 heterocycles. The summed E-state index contributed by atoms with van der Waals surface area (Å²) in [6.07, 6.45) is 1.58. The van der Waals surface area contributed by atoms with Crippen molar-refractivity contribution < 1.29 is 14.6 Å². The number of aliphatic hydroxyl groups excluding tert-OH is 1. The first-order valence-corrected chi connectivity index (χ1v) is 9.16. The minimum absolute atomic E-state index is 0.177. The molecule has 0 aliphatic carbocycles. The fourth-order valence-corrected chi connectivity index (χ4v) is 2.85. The lowest BCUT2D eigenvalue weighted by Gasteiger charge is -2.17. The Kier molecular flexibility index (Phi) is 7.98. The molecule has 2 atom stereocenters. The lowest BCUT2D eigenvalue weighted by Crippen LogP contribution is -2.32. The number of esters is 1. The number of ether oxygens (including phenoxy) is 1. The van der Waals surface area contributed by atoms with Crippen LogP contribution in [0.3, 0.4) is 0 Å². The van der Waals surface area contributed by atoms with E-state index in [0.29, 0.717) is 17.4 Å². The van der Waals surface area contributed by atoms with Crippen LogP contribution in [0, 0.1) is 0 Å². The van der Waals surface area contributed by atoms with Gasteiger partial charge in [0.15, 0.2) is 0 Å². The molecule has 2 aromatic rings. The Morgan fingerprint density at radius 3 is 2.63 bits per heavy atom. The van der Waals surface area contributed by atoms with Gasteiger partial charge in [-0.3, -0.25) is 0 Å². The van der Waals surface area contributed by atoms with Crippen LogP contribution >= 0.6 is 11.6 Å². The molecule has 0 spiro atoms. The second-order valence-corrected chi connectivity index (χ2v) is 6.85. The molecule has 0 aliphatic rings. The predicted molar refractivity (Wildman–Crippen MR) is 107 cm³/mol. The summed E-state index contributed by atoms with van der Waals surface area (Å²) in [6, 6.07) is 13.4. The highest BCUT2D eigenvalue weighted by Crippen LogP contribution is 2.16. The van der Waals surface area contributed by atoms with E-state index in [1.807, 2.05) is 31.2 Å². The zero-order valence-corrected chi connectivity index (χ0v) is 16.5. The standard InChI is InChI=1S/C21H25ClN2O3/c1-14(11-21(26)27-3)17-9-7-16(8-10-17)12-15(2)23-13-19(25)18-5-4-6-20(22)24-18/h4-11,15,19,23,25H,12-13H2,1-3H3/b14-11+/t15-,19+/m1/s1. The van der Waals surface area contributed by atoms with Crippen LogP contribution in [0.2, 0.25) is 5.15 Å². The number of pyridine rings is 1. The monoisotopic (exact) mass is 388 g/mol. The maximum absolute atomic E-state index is 11.3. The Morgan fingerprint density at radius 2 is 2.00 bits per heavy atom. The van der Waals surface area contributed by atoms with E-state index in [1.165, 1.54) is 18.7 Å². The van der Waals surface area contributed by atoms with E-state index in [4.69, 9.17) is 11.6 Å². The molecule has 0 radical (unpaired) electrons. The van der Waals surface area contributed by atoms with Crippen molar-refractivity contribution >= 4 is 23.1 Å². The lowest BCUT2D eigenvalue weighted by atomic mass is 10.0. The number of aliphatic hydroxyl groups is 1. The van der Waals surface area contributed by atoms with Crippen molar-refractivity contribution in [3.8, 4) is 0 Å². The molecule has 0 amide bonds. The fourth-order valence-electron chi connectivity index (χ4n) is 2.68. The van der Waals surface area contributed by atoms with Gasteiger partial charge in [0.2, 0.25) is 0 Å². The van der Waals surface area contributed by atoms with Crippen molar-refractivity contribution in [2.45, 2.75) is 32.4 Å². The highest BCUT2D eigenvalue weighted by Gasteiger charge is 2.11. The molecule has 5 nitrogen and oxygen atoms in total. The summed E-state index contributed by atoms with van der Waals surface area (Å²) in [5, 5.41) is 13.9. The third kappa shape index (κ3) is 6.79. The molecule has 27 heavy (non-hydrogen) atoms. The highest BCUT2D eigenvalue weighted by atomic mass is 35.5. The zero-order chi connectivity index (χ0) is 19.8. The van der Waals surface area contributed by atoms with Gasteiger partial charge in [-0.25, -0.2) is 9.78 Å². The van der Waals surface area contributed by atoms with Gasteiger partial charge in [0.25, 0.3) is 0 Å². The fraction of sp³-hybridized carbons (Fsp3) is 0.333. The minimum atomic E-state index is -0.709. The molecule has 0 saturated carbocycles. The van der Waals surface area contributed by atoms with Crippen LogP contribution in [0.5, 0.6) is 0 Å². The third-order valence-corrected chi connectivity index (χ3v) is 4.43. The third-order valence-electron chi connectivity index (χ3n) is 4.22. The SMILES string of the molecule is COC(=O)/C=C(\C)c1ccc(C[C@@H](C)NC[C@H](O)c2cccc(Cl)n2)cc1. The molecule has 1 aromatic heterocycles. The molecular formula is C21H25ClN2O3. The van der Waals surface area contributed by atoms with E-state index in [1.54, 1.807) is 18.2 Å². The maximum atomic E-state index is 11.3. The summed E-state index contributed by atoms with van der Waals surface area (Å²) in [6.45, 7) is 4.34. The summed E-state index contributed by atoms with van der Waals surface area (Å²) in [5.41, 5.74) is 3.56. The van der Waals surface area contributed by atoms with Crippen molar-refractivity contribution in [3.63, 3.8) is 0 Å². The van der Waals surface area contributed by atoms with Crippen LogP contribution in [-0.2, 0) is 16.0 Å². The topological polar surface area (TPSA) is 71.5 Å². The Bertz CT molecular complexity index is 790. The number of allylic oxidation sites excluding steroid dienone is 1. The molecule has 2 N–H and O–H groups in total. The van der Waals surface area contributed by atoms with E-state index in [-0.39, 0.29) is 12.0 Å². The van der Waals surface area contributed by atoms with Crippen LogP contribution in [-0.4, -0.2) is 35.8 Å². The number of rotatable bonds is 8. The minimum Gasteiger partial charge on any atom is -0.466 e. The molecular weight excluding hydrogens is 364 g/mol. The second-order valence-electron chi connectivity index (χ2n) is 6.46. The smallest absolute Gasteiger partial charge is 0.330 e. The Morgan fingerprint density at radius 1 is 1.30 bits per heavy atom. The molecule has 0 saturated heterocycles. The zero-order valence-electron chi connectivity index (χ0n) is 15.8. The summed E-state index contributed by atoms with van der Waals surface area (Å²) in [7, 11) is 1.36. The van der Waals surface area contributed by atoms with Gasteiger partial charge in [-0.05, 0) is 49.1 Å². The molecule has 144 valence electrons. The van der Waals surface area contributed by atoms with E-state index in [2.05, 4.69) is 22.0 Å². The molecule has 2 rings (SSSR count). The lowest BCUT2D eigenvalue weighted by molar-refractivity contribution is -0.134. The van der Waals surface area contributed by atoms with Gasteiger partial charge in [-0.2, -0.15) is 0 Å². The second kappa shape index (κ2) is 10.2. The van der Waals surface area contributed by atoms with Gasteiger partial charge in [-0.1, -0.05) is 41.9 Å². The van der Waals surface area contributed by atoms with Gasteiger partial charge in [0, 0.05) is 18.7 Å². The first kappa shape index (κ1) is 21.1. The molecule has 6 heteroatoms. The molecule has 0 aliphatic heterocycles. The van der Waals surface area contributed by atoms with Crippen LogP contribution in [0.15, 0.2) is 48.5 Å². The number of nitrogens with one attached hydrogen (secondary N) is 1. The van der Waals surface area contributed by atoms with Gasteiger partial charge >= 0.3 is 5.97 Å². The Balaban J connectivity index is 1.87. The van der Waals surface area contributed by atoms with E-state index in [0.717, 1.165) is 17.6 Å². The van der Waals surface area contributed by atoms with Crippen LogP contribution < -0.4 is 5.32 Å². The highest BCUT2D eigenvalue weighted by molar-refractivity contribution is 6.29. The first-order valence-electron chi connectivity index (χ1n) is 8.78. The number of benzene rings is 1. The number of carbonyl (C=O) groups is 1. The quantitative estimate of drug-likeness (QED) is 0.411. The number of hydrogen-bond donors (Lipinski definition) is 2. The number of hydrogen-bond acceptors (Lipinski definition) is 5. The van der Waals surface area contributed by atoms with Crippen molar-refractivity contribution in [1.82, 2.24) is 10.3 Å². The van der Waals surface area contributed by atoms with E-state index < -0.39 is 6.10 Å². The number of halogens is 1. The van der Waals surface area contributed by atoms with Crippen molar-refractivity contribution in [3.05, 3.63) is 70.5 Å². The number of aromatic nitrogens is 1. The first-order chi connectivity index (χ1) is 12.9. The van der Waals surface area contributed by atoms with Gasteiger partial charge < -0.3 is 15.2 Å². The Hall–Kier alpha value is -2.21. The average Bonchev–Trinajstić information content (AvgIpc) is 2.66. The maximum Gasteiger partial charge on any atom is 0.330 e. The normalized spacial score (nSPS) is 13.9. The van der Waals surface area contributed by atoms with Crippen molar-refractivity contribution in [2.75, 3.05) is 13.7 Å². The number of carbonyl (C=O) groups excluding carboxylic acids is 1. The van der Waals surface area contributed by atoms with Gasteiger partial charge in [0.1, 0.15) is 11.3 Å². The molecule has 0 unspecified atom stereocenters. The van der Waals surface area contributed by atoms with Crippen molar-refractivity contribution in [2.24, 2.45) is 0 Å². The predicted octanol–water partition coefficient (Wildman–Crippen LogP) is 3.57. The van der Waals surface area contributed by atoms with Crippen molar-refractivity contribution in [1.29, 1.82) is 0 Å². The van der Waals surface area contributed by atoms with Crippen LogP contribution in [0.25, 0.3) is 5.57 Å². The summed E-state index contributed by atoms with van der Waals surface area (Å²) < 4.78 is 4.65. The van der Waals surface area contributed by atoms with E-state index in [9.17, 15) is 9.90 Å². The van der Waals surface area contributed by atoms with Crippen LogP contribution in [0.4, 0.5) is 0 Å². The number of methoxy groups -OCH3 is 1. The van der Waals surface area contributed by atoms with Crippen LogP contribution in [0.1, 0.15) is 36.8 Å².